The number of nitrogens with one attached hydrogen (secondary N) is 1. The minimum Gasteiger partial charge on any atom is -0.436 e. The third-order valence-corrected chi connectivity index (χ3v) is 4.21. The molecule has 0 saturated heterocycles. The van der Waals surface area contributed by atoms with E-state index in [2.05, 4.69) is 10.5 Å². The van der Waals surface area contributed by atoms with Gasteiger partial charge in [-0.2, -0.15) is 0 Å². The molecule has 4 rings (SSSR count). The Morgan fingerprint density at radius 3 is 2.36 bits per heavy atom. The van der Waals surface area contributed by atoms with E-state index in [0.29, 0.717) is 22.8 Å². The Hall–Kier alpha value is -3.70. The van der Waals surface area contributed by atoms with Gasteiger partial charge >= 0.3 is 0 Å². The van der Waals surface area contributed by atoms with Crippen LogP contribution in [0.15, 0.2) is 95.5 Å². The molecule has 1 N–H and O–H groups in total. The fourth-order valence-corrected chi connectivity index (χ4v) is 2.82. The fraction of sp³-hybridized carbons (Fsp3) is 0.0435. The van der Waals surface area contributed by atoms with Crippen molar-refractivity contribution in [3.8, 4) is 22.8 Å². The summed E-state index contributed by atoms with van der Waals surface area (Å²) < 4.78 is 5.89. The largest absolute Gasteiger partial charge is 0.436 e. The van der Waals surface area contributed by atoms with Gasteiger partial charge in [-0.25, -0.2) is 10.5 Å². The number of oxazole rings is 1. The molecule has 138 valence electrons. The number of carbonyl (C=O) groups is 1. The summed E-state index contributed by atoms with van der Waals surface area (Å²) in [6.45, 7) is 0.284. The van der Waals surface area contributed by atoms with E-state index < -0.39 is 0 Å². The highest BCUT2D eigenvalue weighted by Gasteiger charge is 2.17. The van der Waals surface area contributed by atoms with Crippen LogP contribution in [0.1, 0.15) is 15.9 Å². The van der Waals surface area contributed by atoms with Crippen molar-refractivity contribution in [3.63, 3.8) is 0 Å². The van der Waals surface area contributed by atoms with Crippen molar-refractivity contribution in [2.45, 2.75) is 6.61 Å². The molecular formula is C23H18N2O3. The van der Waals surface area contributed by atoms with E-state index in [9.17, 15) is 4.79 Å². The zero-order valence-electron chi connectivity index (χ0n) is 15.0. The standard InChI is InChI=1S/C23H18N2O3/c26-22(25-27-16-17-9-3-1-4-10-17)19-13-7-8-14-20(19)23-24-15-21(28-23)18-11-5-2-6-12-18/h1-15H,16H2,(H,25,26). The molecule has 0 spiro atoms. The summed E-state index contributed by atoms with van der Waals surface area (Å²) in [4.78, 5) is 22.3. The SMILES string of the molecule is O=C(NOCc1ccccc1)c1ccccc1-c1ncc(-c2ccccc2)o1. The first-order valence-corrected chi connectivity index (χ1v) is 8.88. The second kappa shape index (κ2) is 8.33. The highest BCUT2D eigenvalue weighted by atomic mass is 16.6. The number of amides is 1. The van der Waals surface area contributed by atoms with Crippen LogP contribution in [-0.2, 0) is 11.4 Å². The van der Waals surface area contributed by atoms with Crippen molar-refractivity contribution in [2.75, 3.05) is 0 Å². The van der Waals surface area contributed by atoms with Crippen molar-refractivity contribution in [1.82, 2.24) is 10.5 Å². The summed E-state index contributed by atoms with van der Waals surface area (Å²) in [6.07, 6.45) is 1.66. The van der Waals surface area contributed by atoms with E-state index in [1.165, 1.54) is 0 Å². The predicted molar refractivity (Wildman–Crippen MR) is 106 cm³/mol. The van der Waals surface area contributed by atoms with Crippen LogP contribution in [0.25, 0.3) is 22.8 Å². The van der Waals surface area contributed by atoms with Gasteiger partial charge in [-0.1, -0.05) is 72.8 Å². The Balaban J connectivity index is 1.51. The molecule has 4 aromatic rings. The van der Waals surface area contributed by atoms with Gasteiger partial charge in [0.05, 0.1) is 18.4 Å². The van der Waals surface area contributed by atoms with Gasteiger partial charge in [-0.05, 0) is 17.7 Å². The smallest absolute Gasteiger partial charge is 0.275 e. The Morgan fingerprint density at radius 2 is 1.57 bits per heavy atom. The lowest BCUT2D eigenvalue weighted by Crippen LogP contribution is -2.24. The lowest BCUT2D eigenvalue weighted by molar-refractivity contribution is 0.0234. The number of hydrogen-bond acceptors (Lipinski definition) is 4. The number of rotatable bonds is 6. The Labute approximate surface area is 162 Å². The molecule has 28 heavy (non-hydrogen) atoms. The molecule has 5 nitrogen and oxygen atoms in total. The van der Waals surface area contributed by atoms with Crippen LogP contribution in [0.2, 0.25) is 0 Å². The molecule has 1 amide bonds. The van der Waals surface area contributed by atoms with Crippen LogP contribution >= 0.6 is 0 Å². The highest BCUT2D eigenvalue weighted by molar-refractivity contribution is 5.99. The molecule has 3 aromatic carbocycles. The van der Waals surface area contributed by atoms with Crippen LogP contribution in [0.4, 0.5) is 0 Å². The van der Waals surface area contributed by atoms with Crippen molar-refractivity contribution >= 4 is 5.91 Å². The number of nitrogens with zero attached hydrogens (tertiary/aromatic N) is 1. The molecule has 0 unspecified atom stereocenters. The number of hydrogen-bond donors (Lipinski definition) is 1. The van der Waals surface area contributed by atoms with Gasteiger partial charge in [0.2, 0.25) is 5.89 Å². The summed E-state index contributed by atoms with van der Waals surface area (Å²) in [5.41, 5.74) is 5.41. The molecule has 0 radical (unpaired) electrons. The molecule has 0 saturated carbocycles. The molecule has 0 bridgehead atoms. The minimum absolute atomic E-state index is 0.284. The van der Waals surface area contributed by atoms with Gasteiger partial charge in [0.1, 0.15) is 0 Å². The molecule has 5 heteroatoms. The van der Waals surface area contributed by atoms with E-state index in [0.717, 1.165) is 11.1 Å². The molecule has 1 aromatic heterocycles. The van der Waals surface area contributed by atoms with Crippen molar-refractivity contribution in [1.29, 1.82) is 0 Å². The van der Waals surface area contributed by atoms with Gasteiger partial charge in [0, 0.05) is 11.1 Å². The normalized spacial score (nSPS) is 10.6. The summed E-state index contributed by atoms with van der Waals surface area (Å²) in [7, 11) is 0. The van der Waals surface area contributed by atoms with Crippen LogP contribution in [0.3, 0.4) is 0 Å². The van der Waals surface area contributed by atoms with Crippen LogP contribution in [0, 0.1) is 0 Å². The zero-order chi connectivity index (χ0) is 19.2. The molecule has 0 fully saturated rings. The zero-order valence-corrected chi connectivity index (χ0v) is 15.0. The highest BCUT2D eigenvalue weighted by Crippen LogP contribution is 2.28. The first-order chi connectivity index (χ1) is 13.8. The molecule has 1 heterocycles. The Morgan fingerprint density at radius 1 is 0.893 bits per heavy atom. The van der Waals surface area contributed by atoms with Gasteiger partial charge in [0.25, 0.3) is 5.91 Å². The maximum absolute atomic E-state index is 12.6. The Bertz CT molecular complexity index is 1060. The summed E-state index contributed by atoms with van der Waals surface area (Å²) in [6, 6.07) is 26.5. The average Bonchev–Trinajstić information content (AvgIpc) is 3.25. The van der Waals surface area contributed by atoms with E-state index in [-0.39, 0.29) is 12.5 Å². The van der Waals surface area contributed by atoms with Crippen LogP contribution < -0.4 is 5.48 Å². The van der Waals surface area contributed by atoms with E-state index in [4.69, 9.17) is 9.25 Å². The monoisotopic (exact) mass is 370 g/mol. The quantitative estimate of drug-likeness (QED) is 0.492. The summed E-state index contributed by atoms with van der Waals surface area (Å²) >= 11 is 0. The van der Waals surface area contributed by atoms with Gasteiger partial charge in [0.15, 0.2) is 5.76 Å². The second-order valence-electron chi connectivity index (χ2n) is 6.15. The lowest BCUT2D eigenvalue weighted by Gasteiger charge is -2.08. The van der Waals surface area contributed by atoms with Gasteiger partial charge in [-0.15, -0.1) is 0 Å². The maximum Gasteiger partial charge on any atom is 0.275 e. The predicted octanol–water partition coefficient (Wildman–Crippen LogP) is 4.87. The van der Waals surface area contributed by atoms with E-state index in [1.54, 1.807) is 24.4 Å². The molecule has 0 aliphatic heterocycles. The first-order valence-electron chi connectivity index (χ1n) is 8.88. The molecular weight excluding hydrogens is 352 g/mol. The topological polar surface area (TPSA) is 64.4 Å². The lowest BCUT2D eigenvalue weighted by atomic mass is 10.1. The first kappa shape index (κ1) is 17.7. The number of benzene rings is 3. The number of carbonyl (C=O) groups excluding carboxylic acids is 1. The third kappa shape index (κ3) is 4.00. The molecule has 0 aliphatic rings. The van der Waals surface area contributed by atoms with Gasteiger partial charge in [-0.3, -0.25) is 9.63 Å². The summed E-state index contributed by atoms with van der Waals surface area (Å²) in [5.74, 6) is 0.671. The van der Waals surface area contributed by atoms with Crippen molar-refractivity contribution < 1.29 is 14.0 Å². The van der Waals surface area contributed by atoms with E-state index >= 15 is 0 Å². The Kier molecular flexibility index (Phi) is 5.26. The minimum atomic E-state index is -0.356. The van der Waals surface area contributed by atoms with Crippen molar-refractivity contribution in [3.05, 3.63) is 102 Å². The van der Waals surface area contributed by atoms with Crippen LogP contribution in [-0.4, -0.2) is 10.9 Å². The van der Waals surface area contributed by atoms with Crippen LogP contribution in [0.5, 0.6) is 0 Å². The van der Waals surface area contributed by atoms with Gasteiger partial charge < -0.3 is 4.42 Å². The number of aromatic nitrogens is 1. The molecule has 0 aliphatic carbocycles. The summed E-state index contributed by atoms with van der Waals surface area (Å²) in [5, 5.41) is 0. The van der Waals surface area contributed by atoms with E-state index in [1.807, 2.05) is 66.7 Å². The number of hydroxylamine groups is 1. The van der Waals surface area contributed by atoms with Crippen molar-refractivity contribution in [2.24, 2.45) is 0 Å². The second-order valence-corrected chi connectivity index (χ2v) is 6.15. The molecule has 0 atom stereocenters. The fourth-order valence-electron chi connectivity index (χ4n) is 2.82. The maximum atomic E-state index is 12.6. The average molecular weight is 370 g/mol. The third-order valence-electron chi connectivity index (χ3n) is 4.21.